The van der Waals surface area contributed by atoms with Crippen molar-refractivity contribution in [1.82, 2.24) is 15.0 Å². The van der Waals surface area contributed by atoms with Crippen molar-refractivity contribution in [3.8, 4) is 89.8 Å². The second kappa shape index (κ2) is 15.8. The summed E-state index contributed by atoms with van der Waals surface area (Å²) in [5, 5.41) is 2.49. The number of nitrogens with zero attached hydrogens (tertiary/aromatic N) is 3. The highest BCUT2D eigenvalue weighted by Crippen LogP contribution is 2.44. The minimum atomic E-state index is 0.627. The first-order chi connectivity index (χ1) is 30.2. The molecule has 0 saturated heterocycles. The summed E-state index contributed by atoms with van der Waals surface area (Å²) in [6.07, 6.45) is 0. The number of rotatable bonds is 8. The number of fused-ring (bicyclic) bond motifs is 3. The molecule has 0 saturated carbocycles. The zero-order chi connectivity index (χ0) is 40.5. The van der Waals surface area contributed by atoms with Crippen molar-refractivity contribution in [2.75, 3.05) is 0 Å². The molecular weight excluding hydrogens is 759 g/mol. The van der Waals surface area contributed by atoms with Crippen LogP contribution in [0.25, 0.3) is 110 Å². The monoisotopic (exact) mass is 795 g/mol. The highest BCUT2D eigenvalue weighted by molar-refractivity contribution is 7.25. The minimum Gasteiger partial charge on any atom is -0.208 e. The third-order valence-electron chi connectivity index (χ3n) is 11.3. The molecule has 3 nitrogen and oxygen atoms in total. The summed E-state index contributed by atoms with van der Waals surface area (Å²) in [5.74, 6) is 1.91. The van der Waals surface area contributed by atoms with Gasteiger partial charge in [0, 0.05) is 36.9 Å². The summed E-state index contributed by atoms with van der Waals surface area (Å²) in [7, 11) is 0. The Morgan fingerprint density at radius 2 is 0.623 bits per heavy atom. The molecule has 2 aromatic heterocycles. The van der Waals surface area contributed by atoms with Crippen molar-refractivity contribution in [3.63, 3.8) is 0 Å². The van der Waals surface area contributed by atoms with Crippen LogP contribution in [0.2, 0.25) is 0 Å². The molecule has 0 unspecified atom stereocenters. The van der Waals surface area contributed by atoms with Gasteiger partial charge in [0.15, 0.2) is 17.5 Å². The van der Waals surface area contributed by atoms with Gasteiger partial charge in [-0.3, -0.25) is 0 Å². The Kier molecular flexibility index (Phi) is 9.38. The van der Waals surface area contributed by atoms with Crippen molar-refractivity contribution in [2.24, 2.45) is 0 Å². The van der Waals surface area contributed by atoms with E-state index in [4.69, 9.17) is 15.0 Å². The van der Waals surface area contributed by atoms with E-state index in [9.17, 15) is 0 Å². The summed E-state index contributed by atoms with van der Waals surface area (Å²) >= 11 is 1.81. The maximum atomic E-state index is 5.22. The van der Waals surface area contributed by atoms with Gasteiger partial charge in [-0.25, -0.2) is 15.0 Å². The molecule has 286 valence electrons. The maximum absolute atomic E-state index is 5.22. The van der Waals surface area contributed by atoms with Crippen LogP contribution in [-0.2, 0) is 0 Å². The number of hydrogen-bond donors (Lipinski definition) is 0. The molecule has 0 aliphatic carbocycles. The van der Waals surface area contributed by atoms with Crippen LogP contribution in [0.5, 0.6) is 0 Å². The molecule has 11 aromatic rings. The van der Waals surface area contributed by atoms with Crippen molar-refractivity contribution in [3.05, 3.63) is 224 Å². The molecule has 9 aromatic carbocycles. The molecule has 0 fully saturated rings. The van der Waals surface area contributed by atoms with Crippen molar-refractivity contribution in [1.29, 1.82) is 0 Å². The van der Waals surface area contributed by atoms with E-state index in [1.807, 2.05) is 29.5 Å². The van der Waals surface area contributed by atoms with Crippen LogP contribution in [0.3, 0.4) is 0 Å². The van der Waals surface area contributed by atoms with Gasteiger partial charge in [-0.15, -0.1) is 11.3 Å². The Balaban J connectivity index is 1.05. The summed E-state index contributed by atoms with van der Waals surface area (Å²) in [6.45, 7) is 0. The van der Waals surface area contributed by atoms with Gasteiger partial charge in [0.2, 0.25) is 0 Å². The number of thiophene rings is 1. The van der Waals surface area contributed by atoms with Crippen LogP contribution in [0, 0.1) is 0 Å². The predicted octanol–water partition coefficient (Wildman–Crippen LogP) is 15.6. The highest BCUT2D eigenvalue weighted by atomic mass is 32.1. The fourth-order valence-corrected chi connectivity index (χ4v) is 9.51. The topological polar surface area (TPSA) is 38.7 Å². The first-order valence-electron chi connectivity index (χ1n) is 20.5. The zero-order valence-electron chi connectivity index (χ0n) is 33.1. The van der Waals surface area contributed by atoms with E-state index in [0.717, 1.165) is 27.8 Å². The highest BCUT2D eigenvalue weighted by Gasteiger charge is 2.19. The summed E-state index contributed by atoms with van der Waals surface area (Å²) in [6, 6.07) is 79.5. The second-order valence-electron chi connectivity index (χ2n) is 15.2. The molecular formula is C57H37N3S. The molecule has 4 heteroatoms. The van der Waals surface area contributed by atoms with Crippen LogP contribution in [0.4, 0.5) is 0 Å². The Morgan fingerprint density at radius 1 is 0.246 bits per heavy atom. The molecule has 0 atom stereocenters. The van der Waals surface area contributed by atoms with Gasteiger partial charge in [-0.2, -0.15) is 0 Å². The molecule has 0 aliphatic heterocycles. The fraction of sp³-hybridized carbons (Fsp3) is 0. The number of benzene rings is 9. The van der Waals surface area contributed by atoms with Crippen molar-refractivity contribution < 1.29 is 0 Å². The van der Waals surface area contributed by atoms with Gasteiger partial charge in [-0.1, -0.05) is 194 Å². The summed E-state index contributed by atoms with van der Waals surface area (Å²) < 4.78 is 2.46. The molecule has 0 aliphatic rings. The molecule has 0 radical (unpaired) electrons. The zero-order valence-corrected chi connectivity index (χ0v) is 33.9. The predicted molar refractivity (Wildman–Crippen MR) is 256 cm³/mol. The molecule has 0 N–H and O–H groups in total. The lowest BCUT2D eigenvalue weighted by molar-refractivity contribution is 1.07. The van der Waals surface area contributed by atoms with Crippen LogP contribution in [0.1, 0.15) is 0 Å². The SMILES string of the molecule is c1ccc(-c2ccc3c(c2)sc2cc(-c4nc(-c5ccccc5)nc(-c5cccc(-c6cc(-c7ccccc7)c(-c7ccccc7)c(-c7ccccc7)c6)c5)n4)ccc23)cc1. The van der Waals surface area contributed by atoms with E-state index in [-0.39, 0.29) is 0 Å². The number of aromatic nitrogens is 3. The first kappa shape index (κ1) is 36.3. The second-order valence-corrected chi connectivity index (χ2v) is 16.3. The Hall–Kier alpha value is -7.79. The largest absolute Gasteiger partial charge is 0.208 e. The fourth-order valence-electron chi connectivity index (χ4n) is 8.33. The van der Waals surface area contributed by atoms with Crippen LogP contribution in [0.15, 0.2) is 224 Å². The smallest absolute Gasteiger partial charge is 0.164 e. The molecule has 2 heterocycles. The summed E-state index contributed by atoms with van der Waals surface area (Å²) in [4.78, 5) is 15.5. The lowest BCUT2D eigenvalue weighted by Crippen LogP contribution is -2.00. The third kappa shape index (κ3) is 7.09. The van der Waals surface area contributed by atoms with Crippen molar-refractivity contribution in [2.45, 2.75) is 0 Å². The van der Waals surface area contributed by atoms with Gasteiger partial charge in [0.1, 0.15) is 0 Å². The van der Waals surface area contributed by atoms with E-state index >= 15 is 0 Å². The van der Waals surface area contributed by atoms with E-state index in [1.54, 1.807) is 0 Å². The Morgan fingerprint density at radius 3 is 1.16 bits per heavy atom. The average molecular weight is 796 g/mol. The van der Waals surface area contributed by atoms with E-state index in [2.05, 4.69) is 206 Å². The van der Waals surface area contributed by atoms with Gasteiger partial charge in [0.05, 0.1) is 0 Å². The Bertz CT molecular complexity index is 3270. The maximum Gasteiger partial charge on any atom is 0.164 e. The minimum absolute atomic E-state index is 0.627. The van der Waals surface area contributed by atoms with Gasteiger partial charge < -0.3 is 0 Å². The van der Waals surface area contributed by atoms with E-state index < -0.39 is 0 Å². The molecule has 0 amide bonds. The van der Waals surface area contributed by atoms with Gasteiger partial charge in [0.25, 0.3) is 0 Å². The Labute approximate surface area is 359 Å². The third-order valence-corrected chi connectivity index (χ3v) is 12.4. The molecule has 0 spiro atoms. The lowest BCUT2D eigenvalue weighted by Gasteiger charge is -2.19. The van der Waals surface area contributed by atoms with Crippen LogP contribution >= 0.6 is 11.3 Å². The lowest BCUT2D eigenvalue weighted by atomic mass is 9.84. The summed E-state index contributed by atoms with van der Waals surface area (Å²) in [5.41, 5.74) is 14.5. The van der Waals surface area contributed by atoms with Crippen LogP contribution in [-0.4, -0.2) is 15.0 Å². The van der Waals surface area contributed by atoms with Gasteiger partial charge in [-0.05, 0) is 86.0 Å². The van der Waals surface area contributed by atoms with Gasteiger partial charge >= 0.3 is 0 Å². The van der Waals surface area contributed by atoms with Crippen molar-refractivity contribution >= 4 is 31.5 Å². The molecule has 0 bridgehead atoms. The normalized spacial score (nSPS) is 11.3. The van der Waals surface area contributed by atoms with Crippen LogP contribution < -0.4 is 0 Å². The number of hydrogen-bond acceptors (Lipinski definition) is 4. The average Bonchev–Trinajstić information content (AvgIpc) is 3.72. The first-order valence-corrected chi connectivity index (χ1v) is 21.3. The van der Waals surface area contributed by atoms with E-state index in [0.29, 0.717) is 17.5 Å². The molecule has 61 heavy (non-hydrogen) atoms. The van der Waals surface area contributed by atoms with E-state index in [1.165, 1.54) is 64.7 Å². The quantitative estimate of drug-likeness (QED) is 0.154. The molecule has 11 rings (SSSR count). The standard InChI is InChI=1S/C57H37N3S/c1-6-17-38(18-7-1)44-29-31-48-49-32-30-46(37-53(49)61-52(48)36-44)57-59-55(42-25-14-5-15-26-42)58-56(60-57)45-28-16-27-43(33-45)47-34-50(39-19-8-2-9-20-39)54(41-23-12-4-13-24-41)51(35-47)40-21-10-3-11-22-40/h1-37H.